The maximum absolute atomic E-state index is 2.36. The van der Waals surface area contributed by atoms with Crippen LogP contribution in [-0.4, -0.2) is 0 Å². The maximum Gasteiger partial charge on any atom is -0.0414 e. The lowest BCUT2D eigenvalue weighted by atomic mass is 9.73. The Bertz CT molecular complexity index is 324. The summed E-state index contributed by atoms with van der Waals surface area (Å²) in [5.74, 6) is 5.48. The van der Waals surface area contributed by atoms with Crippen LogP contribution in [0.5, 0.6) is 0 Å². The zero-order valence-electron chi connectivity index (χ0n) is 17.3. The molecule has 0 unspecified atom stereocenters. The fourth-order valence-corrected chi connectivity index (χ4v) is 6.44. The van der Waals surface area contributed by atoms with E-state index in [-0.39, 0.29) is 0 Å². The van der Waals surface area contributed by atoms with Crippen LogP contribution in [0.25, 0.3) is 0 Å². The van der Waals surface area contributed by atoms with Gasteiger partial charge in [0.15, 0.2) is 0 Å². The summed E-state index contributed by atoms with van der Waals surface area (Å²) in [6.07, 6.45) is 29.3. The topological polar surface area (TPSA) is 0 Å². The molecule has 0 aromatic heterocycles. The summed E-state index contributed by atoms with van der Waals surface area (Å²) in [6.45, 7) is 2.36. The van der Waals surface area contributed by atoms with Gasteiger partial charge in [0, 0.05) is 0 Å². The van der Waals surface area contributed by atoms with Crippen molar-refractivity contribution in [1.29, 1.82) is 0 Å². The molecule has 0 nitrogen and oxygen atoms in total. The van der Waals surface area contributed by atoms with E-state index in [4.69, 9.17) is 0 Å². The van der Waals surface area contributed by atoms with Crippen LogP contribution < -0.4 is 0 Å². The highest BCUT2D eigenvalue weighted by atomic mass is 14.3. The Balaban J connectivity index is 1.23. The van der Waals surface area contributed by atoms with Crippen LogP contribution in [-0.2, 0) is 0 Å². The van der Waals surface area contributed by atoms with Crippen LogP contribution in [0.2, 0.25) is 0 Å². The van der Waals surface area contributed by atoms with E-state index in [1.54, 1.807) is 89.9 Å². The highest BCUT2D eigenvalue weighted by Gasteiger charge is 2.25. The lowest BCUT2D eigenvalue weighted by Crippen LogP contribution is -2.19. The van der Waals surface area contributed by atoms with Crippen LogP contribution in [0.4, 0.5) is 0 Å². The Morgan fingerprint density at radius 2 is 0.720 bits per heavy atom. The lowest BCUT2D eigenvalue weighted by molar-refractivity contribution is 0.201. The van der Waals surface area contributed by atoms with Crippen molar-refractivity contribution in [1.82, 2.24) is 0 Å². The fourth-order valence-electron chi connectivity index (χ4n) is 6.44. The van der Waals surface area contributed by atoms with Crippen molar-refractivity contribution < 1.29 is 0 Å². The first kappa shape index (κ1) is 19.8. The van der Waals surface area contributed by atoms with Crippen LogP contribution in [0, 0.1) is 29.6 Å². The normalized spacial score (nSPS) is 34.9. The monoisotopic (exact) mass is 346 g/mol. The van der Waals surface area contributed by atoms with E-state index in [1.807, 2.05) is 0 Å². The van der Waals surface area contributed by atoms with Crippen LogP contribution in [0.1, 0.15) is 129 Å². The van der Waals surface area contributed by atoms with Crippen LogP contribution in [0.3, 0.4) is 0 Å². The Kier molecular flexibility index (Phi) is 8.68. The zero-order valence-corrected chi connectivity index (χ0v) is 17.3. The van der Waals surface area contributed by atoms with E-state index >= 15 is 0 Å². The van der Waals surface area contributed by atoms with Gasteiger partial charge >= 0.3 is 0 Å². The molecule has 3 aliphatic rings. The Hall–Kier alpha value is 0. The molecule has 0 atom stereocenters. The van der Waals surface area contributed by atoms with Gasteiger partial charge in [0.1, 0.15) is 0 Å². The molecular weight excluding hydrogens is 300 g/mol. The molecule has 0 N–H and O–H groups in total. The van der Waals surface area contributed by atoms with Gasteiger partial charge in [0.05, 0.1) is 0 Å². The van der Waals surface area contributed by atoms with Crippen LogP contribution >= 0.6 is 0 Å². The first-order valence-corrected chi connectivity index (χ1v) is 12.3. The van der Waals surface area contributed by atoms with E-state index in [1.165, 1.54) is 32.1 Å². The third-order valence-corrected chi connectivity index (χ3v) is 8.32. The second-order valence-corrected chi connectivity index (χ2v) is 10.2. The molecule has 0 heteroatoms. The molecule has 0 saturated heterocycles. The van der Waals surface area contributed by atoms with Crippen molar-refractivity contribution in [3.05, 3.63) is 0 Å². The van der Waals surface area contributed by atoms with E-state index in [0.717, 1.165) is 29.6 Å². The average Bonchev–Trinajstić information content (AvgIpc) is 2.68. The van der Waals surface area contributed by atoms with Gasteiger partial charge in [-0.2, -0.15) is 0 Å². The molecule has 146 valence electrons. The minimum atomic E-state index is 1.08. The number of hydrogen-bond acceptors (Lipinski definition) is 0. The molecule has 0 radical (unpaired) electrons. The van der Waals surface area contributed by atoms with Gasteiger partial charge in [-0.1, -0.05) is 129 Å². The number of rotatable bonds is 8. The molecule has 25 heavy (non-hydrogen) atoms. The Morgan fingerprint density at radius 3 is 1.08 bits per heavy atom. The lowest BCUT2D eigenvalue weighted by Gasteiger charge is -2.32. The van der Waals surface area contributed by atoms with E-state index in [9.17, 15) is 0 Å². The van der Waals surface area contributed by atoms with Crippen molar-refractivity contribution in [3.63, 3.8) is 0 Å². The highest BCUT2D eigenvalue weighted by molar-refractivity contribution is 4.77. The van der Waals surface area contributed by atoms with Gasteiger partial charge in [-0.3, -0.25) is 0 Å². The molecule has 3 fully saturated rings. The minimum Gasteiger partial charge on any atom is -0.0654 e. The summed E-state index contributed by atoms with van der Waals surface area (Å²) in [5.41, 5.74) is 0. The van der Waals surface area contributed by atoms with Crippen LogP contribution in [0.15, 0.2) is 0 Å². The second-order valence-electron chi connectivity index (χ2n) is 10.2. The van der Waals surface area contributed by atoms with E-state index in [0.29, 0.717) is 0 Å². The summed E-state index contributed by atoms with van der Waals surface area (Å²) in [5, 5.41) is 0. The average molecular weight is 347 g/mol. The maximum atomic E-state index is 2.36. The van der Waals surface area contributed by atoms with Gasteiger partial charge < -0.3 is 0 Å². The molecule has 0 aromatic rings. The van der Waals surface area contributed by atoms with Crippen molar-refractivity contribution in [2.75, 3.05) is 0 Å². The molecular formula is C25H46. The largest absolute Gasteiger partial charge is 0.0654 e. The van der Waals surface area contributed by atoms with Crippen molar-refractivity contribution in [2.45, 2.75) is 129 Å². The first-order chi connectivity index (χ1) is 12.3. The molecule has 0 aromatic carbocycles. The van der Waals surface area contributed by atoms with Gasteiger partial charge in [-0.15, -0.1) is 0 Å². The fraction of sp³-hybridized carbons (Fsp3) is 1.00. The summed E-state index contributed by atoms with van der Waals surface area (Å²) < 4.78 is 0. The third-order valence-electron chi connectivity index (χ3n) is 8.32. The SMILES string of the molecule is CCCC1CCC(CCC2CCC(CCC3CCCCC3)CC2)CC1. The zero-order chi connectivity index (χ0) is 17.3. The summed E-state index contributed by atoms with van der Waals surface area (Å²) in [4.78, 5) is 0. The van der Waals surface area contributed by atoms with Gasteiger partial charge in [-0.05, 0) is 29.6 Å². The highest BCUT2D eigenvalue weighted by Crippen LogP contribution is 2.39. The van der Waals surface area contributed by atoms with Crippen molar-refractivity contribution in [2.24, 2.45) is 29.6 Å². The second kappa shape index (κ2) is 11.0. The summed E-state index contributed by atoms with van der Waals surface area (Å²) >= 11 is 0. The predicted octanol–water partition coefficient (Wildman–Crippen LogP) is 8.54. The van der Waals surface area contributed by atoms with Crippen molar-refractivity contribution in [3.8, 4) is 0 Å². The first-order valence-electron chi connectivity index (χ1n) is 12.3. The van der Waals surface area contributed by atoms with Gasteiger partial charge in [0.2, 0.25) is 0 Å². The van der Waals surface area contributed by atoms with E-state index in [2.05, 4.69) is 6.92 Å². The smallest absolute Gasteiger partial charge is 0.0414 e. The quantitative estimate of drug-likeness (QED) is 0.413. The molecule has 3 aliphatic carbocycles. The molecule has 0 heterocycles. The Morgan fingerprint density at radius 1 is 0.400 bits per heavy atom. The molecule has 0 aliphatic heterocycles. The molecule has 3 rings (SSSR count). The summed E-state index contributed by atoms with van der Waals surface area (Å²) in [6, 6.07) is 0. The molecule has 0 bridgehead atoms. The summed E-state index contributed by atoms with van der Waals surface area (Å²) in [7, 11) is 0. The molecule has 3 saturated carbocycles. The van der Waals surface area contributed by atoms with Crippen molar-refractivity contribution >= 4 is 0 Å². The minimum absolute atomic E-state index is 1.08. The van der Waals surface area contributed by atoms with E-state index < -0.39 is 0 Å². The Labute approximate surface area is 158 Å². The van der Waals surface area contributed by atoms with Gasteiger partial charge in [0.25, 0.3) is 0 Å². The predicted molar refractivity (Wildman–Crippen MR) is 111 cm³/mol. The molecule has 0 amide bonds. The standard InChI is InChI=1S/C25H46/c1-2-6-21-9-12-23(13-10-21)15-18-25-19-16-24(17-20-25)14-11-22-7-4-3-5-8-22/h21-25H,2-20H2,1H3. The van der Waals surface area contributed by atoms with Gasteiger partial charge in [-0.25, -0.2) is 0 Å². The third kappa shape index (κ3) is 6.91. The molecule has 0 spiro atoms. The number of hydrogen-bond donors (Lipinski definition) is 0.